The lowest BCUT2D eigenvalue weighted by Crippen LogP contribution is -2.15. The quantitative estimate of drug-likeness (QED) is 0.688. The molecule has 1 heterocycles. The molecule has 0 aliphatic carbocycles. The molecule has 1 aromatic heterocycles. The summed E-state index contributed by atoms with van der Waals surface area (Å²) in [7, 11) is 0. The molecule has 0 radical (unpaired) electrons. The second-order valence-electron chi connectivity index (χ2n) is 5.20. The van der Waals surface area contributed by atoms with Crippen LogP contribution in [0.3, 0.4) is 0 Å². The van der Waals surface area contributed by atoms with Gasteiger partial charge in [-0.25, -0.2) is 0 Å². The van der Waals surface area contributed by atoms with Crippen molar-refractivity contribution < 1.29 is 14.0 Å². The number of furan rings is 1. The van der Waals surface area contributed by atoms with E-state index in [1.54, 1.807) is 66.7 Å². The van der Waals surface area contributed by atoms with Gasteiger partial charge in [0.2, 0.25) is 5.91 Å². The summed E-state index contributed by atoms with van der Waals surface area (Å²) in [5.74, 6) is 0.0204. The van der Waals surface area contributed by atoms with Crippen LogP contribution in [0.2, 0.25) is 0 Å². The molecule has 0 unspecified atom stereocenters. The first kappa shape index (κ1) is 16.3. The lowest BCUT2D eigenvalue weighted by molar-refractivity contribution is -0.111. The fraction of sp³-hybridized carbons (Fsp3) is 0. The molecule has 0 saturated carbocycles. The molecule has 0 atom stereocenters. The zero-order valence-electron chi connectivity index (χ0n) is 13.3. The molecule has 0 bridgehead atoms. The predicted octanol–water partition coefficient (Wildman–Crippen LogP) is 4.18. The van der Waals surface area contributed by atoms with Crippen LogP contribution in [0.15, 0.2) is 83.5 Å². The van der Waals surface area contributed by atoms with Crippen LogP contribution in [0.5, 0.6) is 0 Å². The third kappa shape index (κ3) is 4.45. The van der Waals surface area contributed by atoms with E-state index in [1.165, 1.54) is 12.3 Å². The SMILES string of the molecule is O=C(/C=C\c1ccco1)Nc1ccccc1NC(=O)c1ccccc1. The van der Waals surface area contributed by atoms with E-state index in [0.717, 1.165) is 0 Å². The van der Waals surface area contributed by atoms with E-state index in [4.69, 9.17) is 4.42 Å². The maximum atomic E-state index is 12.3. The number of hydrogen-bond acceptors (Lipinski definition) is 3. The monoisotopic (exact) mass is 332 g/mol. The average Bonchev–Trinajstić information content (AvgIpc) is 3.16. The van der Waals surface area contributed by atoms with E-state index in [1.807, 2.05) is 6.07 Å². The minimum atomic E-state index is -0.321. The van der Waals surface area contributed by atoms with Gasteiger partial charge in [0, 0.05) is 11.6 Å². The molecule has 2 N–H and O–H groups in total. The predicted molar refractivity (Wildman–Crippen MR) is 97.2 cm³/mol. The summed E-state index contributed by atoms with van der Waals surface area (Å²) in [6.45, 7) is 0. The molecule has 0 aliphatic rings. The molecule has 2 aromatic carbocycles. The van der Waals surface area contributed by atoms with E-state index in [0.29, 0.717) is 22.7 Å². The maximum Gasteiger partial charge on any atom is 0.255 e. The highest BCUT2D eigenvalue weighted by Gasteiger charge is 2.09. The van der Waals surface area contributed by atoms with Crippen molar-refractivity contribution >= 4 is 29.3 Å². The van der Waals surface area contributed by atoms with Crippen LogP contribution >= 0.6 is 0 Å². The molecular formula is C20H16N2O3. The van der Waals surface area contributed by atoms with Crippen LogP contribution in [0.4, 0.5) is 11.4 Å². The molecule has 0 spiro atoms. The van der Waals surface area contributed by atoms with E-state index in [-0.39, 0.29) is 11.8 Å². The van der Waals surface area contributed by atoms with Crippen molar-refractivity contribution in [3.05, 3.63) is 90.4 Å². The number of para-hydroxylation sites is 2. The standard InChI is InChI=1S/C20H16N2O3/c23-19(13-12-16-9-6-14-25-16)21-17-10-4-5-11-18(17)22-20(24)15-7-2-1-3-8-15/h1-14H,(H,21,23)(H,22,24)/b13-12-. The smallest absolute Gasteiger partial charge is 0.255 e. The van der Waals surface area contributed by atoms with Crippen molar-refractivity contribution in [2.45, 2.75) is 0 Å². The number of carbonyl (C=O) groups is 2. The van der Waals surface area contributed by atoms with Crippen LogP contribution in [-0.2, 0) is 4.79 Å². The molecule has 2 amide bonds. The Bertz CT molecular complexity index is 884. The highest BCUT2D eigenvalue weighted by atomic mass is 16.3. The van der Waals surface area contributed by atoms with Gasteiger partial charge in [-0.2, -0.15) is 0 Å². The third-order valence-electron chi connectivity index (χ3n) is 3.41. The van der Waals surface area contributed by atoms with Crippen LogP contribution in [0, 0.1) is 0 Å². The minimum absolute atomic E-state index is 0.242. The zero-order valence-corrected chi connectivity index (χ0v) is 13.3. The van der Waals surface area contributed by atoms with Crippen molar-refractivity contribution in [2.75, 3.05) is 10.6 Å². The molecule has 0 fully saturated rings. The van der Waals surface area contributed by atoms with Crippen LogP contribution in [0.1, 0.15) is 16.1 Å². The van der Waals surface area contributed by atoms with Crippen molar-refractivity contribution in [3.63, 3.8) is 0 Å². The highest BCUT2D eigenvalue weighted by Crippen LogP contribution is 2.22. The third-order valence-corrected chi connectivity index (χ3v) is 3.41. The molecule has 5 heteroatoms. The Balaban J connectivity index is 1.70. The Morgan fingerprint density at radius 2 is 1.48 bits per heavy atom. The number of rotatable bonds is 5. The van der Waals surface area contributed by atoms with Crippen LogP contribution in [-0.4, -0.2) is 11.8 Å². The van der Waals surface area contributed by atoms with Gasteiger partial charge in [-0.1, -0.05) is 30.3 Å². The number of anilines is 2. The molecule has 0 saturated heterocycles. The molecule has 25 heavy (non-hydrogen) atoms. The first-order valence-corrected chi connectivity index (χ1v) is 7.70. The second kappa shape index (κ2) is 7.79. The Morgan fingerprint density at radius 3 is 2.16 bits per heavy atom. The van der Waals surface area contributed by atoms with Gasteiger partial charge in [-0.05, 0) is 42.5 Å². The van der Waals surface area contributed by atoms with Gasteiger partial charge in [0.15, 0.2) is 0 Å². The zero-order chi connectivity index (χ0) is 17.5. The van der Waals surface area contributed by atoms with Crippen molar-refractivity contribution in [3.8, 4) is 0 Å². The van der Waals surface area contributed by atoms with Crippen LogP contribution < -0.4 is 10.6 Å². The first-order valence-electron chi connectivity index (χ1n) is 7.70. The number of benzene rings is 2. The number of nitrogens with one attached hydrogen (secondary N) is 2. The number of carbonyl (C=O) groups excluding carboxylic acids is 2. The molecule has 124 valence electrons. The fourth-order valence-electron chi connectivity index (χ4n) is 2.20. The summed E-state index contributed by atoms with van der Waals surface area (Å²) >= 11 is 0. The topological polar surface area (TPSA) is 71.3 Å². The molecule has 5 nitrogen and oxygen atoms in total. The number of amides is 2. The Morgan fingerprint density at radius 1 is 0.800 bits per heavy atom. The minimum Gasteiger partial charge on any atom is -0.465 e. The summed E-state index contributed by atoms with van der Waals surface area (Å²) in [5.41, 5.74) is 1.58. The van der Waals surface area contributed by atoms with E-state index >= 15 is 0 Å². The van der Waals surface area contributed by atoms with Gasteiger partial charge in [0.05, 0.1) is 17.6 Å². The van der Waals surface area contributed by atoms with E-state index in [9.17, 15) is 9.59 Å². The molecular weight excluding hydrogens is 316 g/mol. The van der Waals surface area contributed by atoms with Gasteiger partial charge < -0.3 is 15.1 Å². The van der Waals surface area contributed by atoms with Crippen molar-refractivity contribution in [1.29, 1.82) is 0 Å². The second-order valence-corrected chi connectivity index (χ2v) is 5.20. The van der Waals surface area contributed by atoms with E-state index in [2.05, 4.69) is 10.6 Å². The van der Waals surface area contributed by atoms with Gasteiger partial charge in [-0.3, -0.25) is 9.59 Å². The summed E-state index contributed by atoms with van der Waals surface area (Å²) in [4.78, 5) is 24.3. The summed E-state index contributed by atoms with van der Waals surface area (Å²) < 4.78 is 5.14. The normalized spacial score (nSPS) is 10.6. The lowest BCUT2D eigenvalue weighted by atomic mass is 10.2. The molecule has 3 aromatic rings. The number of hydrogen-bond donors (Lipinski definition) is 2. The summed E-state index contributed by atoms with van der Waals surface area (Å²) in [6, 6.07) is 19.4. The van der Waals surface area contributed by atoms with Gasteiger partial charge in [0.25, 0.3) is 5.91 Å². The van der Waals surface area contributed by atoms with Crippen molar-refractivity contribution in [2.24, 2.45) is 0 Å². The fourth-order valence-corrected chi connectivity index (χ4v) is 2.20. The van der Waals surface area contributed by atoms with Gasteiger partial charge >= 0.3 is 0 Å². The summed E-state index contributed by atoms with van der Waals surface area (Å²) in [6.07, 6.45) is 4.47. The lowest BCUT2D eigenvalue weighted by Gasteiger charge is -2.11. The maximum absolute atomic E-state index is 12.3. The average molecular weight is 332 g/mol. The molecule has 3 rings (SSSR count). The highest BCUT2D eigenvalue weighted by molar-refractivity contribution is 6.09. The Kier molecular flexibility index (Phi) is 5.07. The van der Waals surface area contributed by atoms with E-state index < -0.39 is 0 Å². The van der Waals surface area contributed by atoms with Crippen LogP contribution in [0.25, 0.3) is 6.08 Å². The largest absolute Gasteiger partial charge is 0.465 e. The van der Waals surface area contributed by atoms with Gasteiger partial charge in [0.1, 0.15) is 5.76 Å². The first-order chi connectivity index (χ1) is 12.2. The Labute approximate surface area is 145 Å². The van der Waals surface area contributed by atoms with Gasteiger partial charge in [-0.15, -0.1) is 0 Å². The van der Waals surface area contributed by atoms with Crippen molar-refractivity contribution in [1.82, 2.24) is 0 Å². The Hall–Kier alpha value is -3.60. The molecule has 0 aliphatic heterocycles. The summed E-state index contributed by atoms with van der Waals surface area (Å²) in [5, 5.41) is 5.55.